The van der Waals surface area contributed by atoms with Crippen LogP contribution in [0.4, 0.5) is 0 Å². The zero-order valence-corrected chi connectivity index (χ0v) is 15.0. The van der Waals surface area contributed by atoms with Gasteiger partial charge in [-0.25, -0.2) is 17.4 Å². The molecule has 0 aliphatic heterocycles. The van der Waals surface area contributed by atoms with E-state index in [0.717, 1.165) is 16.9 Å². The third kappa shape index (κ3) is 3.94. The van der Waals surface area contributed by atoms with Crippen molar-refractivity contribution in [2.24, 2.45) is 0 Å². The number of sulfonamides is 1. The molecule has 0 amide bonds. The van der Waals surface area contributed by atoms with Crippen LogP contribution in [-0.4, -0.2) is 41.1 Å². The van der Waals surface area contributed by atoms with Crippen molar-refractivity contribution in [3.8, 4) is 5.69 Å². The van der Waals surface area contributed by atoms with Crippen LogP contribution in [0.15, 0.2) is 66.0 Å². The van der Waals surface area contributed by atoms with E-state index in [-0.39, 0.29) is 4.90 Å². The molecule has 2 heterocycles. The number of aryl methyl sites for hydroxylation is 1. The number of hydrogen-bond acceptors (Lipinski definition) is 4. The molecule has 7 heteroatoms. The van der Waals surface area contributed by atoms with Gasteiger partial charge < -0.3 is 0 Å². The summed E-state index contributed by atoms with van der Waals surface area (Å²) in [6, 6.07) is 13.4. The van der Waals surface area contributed by atoms with Crippen molar-refractivity contribution in [1.29, 1.82) is 0 Å². The number of pyridine rings is 1. The molecule has 0 radical (unpaired) electrons. The maximum atomic E-state index is 12.7. The SMILES string of the molecule is Cc1ccc(-n2cc(S(=O)(=O)N(C)CCc3ccccn3)cn2)cc1. The molecule has 0 bridgehead atoms. The molecule has 2 aromatic heterocycles. The molecule has 25 heavy (non-hydrogen) atoms. The molecule has 1 aromatic carbocycles. The molecular weight excluding hydrogens is 336 g/mol. The molecule has 0 unspecified atom stereocenters. The van der Waals surface area contributed by atoms with Gasteiger partial charge >= 0.3 is 0 Å². The van der Waals surface area contributed by atoms with E-state index in [1.807, 2.05) is 49.4 Å². The number of hydrogen-bond donors (Lipinski definition) is 0. The van der Waals surface area contributed by atoms with E-state index in [2.05, 4.69) is 10.1 Å². The molecule has 0 atom stereocenters. The van der Waals surface area contributed by atoms with Crippen LogP contribution in [0.25, 0.3) is 5.69 Å². The van der Waals surface area contributed by atoms with Crippen LogP contribution in [0, 0.1) is 6.92 Å². The summed E-state index contributed by atoms with van der Waals surface area (Å²) < 4.78 is 28.3. The second kappa shape index (κ2) is 7.16. The zero-order valence-electron chi connectivity index (χ0n) is 14.2. The normalized spacial score (nSPS) is 11.8. The first-order valence-corrected chi connectivity index (χ1v) is 9.39. The number of benzene rings is 1. The lowest BCUT2D eigenvalue weighted by atomic mass is 10.2. The molecule has 0 aliphatic carbocycles. The average Bonchev–Trinajstić information content (AvgIpc) is 3.12. The van der Waals surface area contributed by atoms with E-state index in [4.69, 9.17) is 0 Å². The lowest BCUT2D eigenvalue weighted by molar-refractivity contribution is 0.471. The van der Waals surface area contributed by atoms with Crippen LogP contribution in [0.3, 0.4) is 0 Å². The predicted molar refractivity (Wildman–Crippen MR) is 96.1 cm³/mol. The fourth-order valence-electron chi connectivity index (χ4n) is 2.40. The van der Waals surface area contributed by atoms with Gasteiger partial charge in [0.1, 0.15) is 4.90 Å². The molecular formula is C18H20N4O2S. The second-order valence-corrected chi connectivity index (χ2v) is 7.90. The summed E-state index contributed by atoms with van der Waals surface area (Å²) in [4.78, 5) is 4.40. The van der Waals surface area contributed by atoms with Gasteiger partial charge in [0, 0.05) is 31.9 Å². The predicted octanol–water partition coefficient (Wildman–Crippen LogP) is 2.44. The molecule has 3 rings (SSSR count). The summed E-state index contributed by atoms with van der Waals surface area (Å²) in [7, 11) is -2.01. The number of nitrogens with zero attached hydrogens (tertiary/aromatic N) is 4. The second-order valence-electron chi connectivity index (χ2n) is 5.85. The molecule has 0 aliphatic rings. The fourth-order valence-corrected chi connectivity index (χ4v) is 3.50. The molecule has 6 nitrogen and oxygen atoms in total. The standard InChI is InChI=1S/C18H20N4O2S/c1-15-6-8-17(9-7-15)22-14-18(13-20-22)25(23,24)21(2)12-10-16-5-3-4-11-19-16/h3-9,11,13-14H,10,12H2,1-2H3. The minimum atomic E-state index is -3.58. The lowest BCUT2D eigenvalue weighted by Crippen LogP contribution is -2.29. The van der Waals surface area contributed by atoms with Crippen molar-refractivity contribution in [3.63, 3.8) is 0 Å². The van der Waals surface area contributed by atoms with Crippen LogP contribution in [0.1, 0.15) is 11.3 Å². The summed E-state index contributed by atoms with van der Waals surface area (Å²) in [6.07, 6.45) is 5.18. The maximum Gasteiger partial charge on any atom is 0.245 e. The van der Waals surface area contributed by atoms with Crippen molar-refractivity contribution in [1.82, 2.24) is 19.1 Å². The van der Waals surface area contributed by atoms with E-state index in [1.54, 1.807) is 17.9 Å². The highest BCUT2D eigenvalue weighted by Crippen LogP contribution is 2.16. The van der Waals surface area contributed by atoms with Crippen LogP contribution in [-0.2, 0) is 16.4 Å². The van der Waals surface area contributed by atoms with Gasteiger partial charge in [0.15, 0.2) is 0 Å². The highest BCUT2D eigenvalue weighted by Gasteiger charge is 2.22. The monoisotopic (exact) mass is 356 g/mol. The fraction of sp³-hybridized carbons (Fsp3) is 0.222. The quantitative estimate of drug-likeness (QED) is 0.680. The van der Waals surface area contributed by atoms with Crippen LogP contribution < -0.4 is 0 Å². The largest absolute Gasteiger partial charge is 0.261 e. The van der Waals surface area contributed by atoms with Gasteiger partial charge in [-0.2, -0.15) is 5.10 Å². The maximum absolute atomic E-state index is 12.7. The molecule has 0 N–H and O–H groups in total. The average molecular weight is 356 g/mol. The first-order valence-electron chi connectivity index (χ1n) is 7.95. The topological polar surface area (TPSA) is 68.1 Å². The molecule has 0 spiro atoms. The van der Waals surface area contributed by atoms with Gasteiger partial charge in [0.2, 0.25) is 10.0 Å². The van der Waals surface area contributed by atoms with Crippen LogP contribution in [0.5, 0.6) is 0 Å². The summed E-state index contributed by atoms with van der Waals surface area (Å²) >= 11 is 0. The van der Waals surface area contributed by atoms with E-state index < -0.39 is 10.0 Å². The van der Waals surface area contributed by atoms with Crippen molar-refractivity contribution in [2.75, 3.05) is 13.6 Å². The van der Waals surface area contributed by atoms with Crippen molar-refractivity contribution in [3.05, 3.63) is 72.3 Å². The van der Waals surface area contributed by atoms with Crippen molar-refractivity contribution >= 4 is 10.0 Å². The van der Waals surface area contributed by atoms with Gasteiger partial charge in [-0.1, -0.05) is 23.8 Å². The van der Waals surface area contributed by atoms with Crippen molar-refractivity contribution in [2.45, 2.75) is 18.2 Å². The molecule has 130 valence electrons. The van der Waals surface area contributed by atoms with Crippen LogP contribution >= 0.6 is 0 Å². The number of likely N-dealkylation sites (N-methyl/N-ethyl adjacent to an activating group) is 1. The smallest absolute Gasteiger partial charge is 0.245 e. The third-order valence-corrected chi connectivity index (χ3v) is 5.78. The van der Waals surface area contributed by atoms with Gasteiger partial charge in [-0.15, -0.1) is 0 Å². The highest BCUT2D eigenvalue weighted by molar-refractivity contribution is 7.89. The summed E-state index contributed by atoms with van der Waals surface area (Å²) in [5.41, 5.74) is 2.82. The summed E-state index contributed by atoms with van der Waals surface area (Å²) in [5.74, 6) is 0. The summed E-state index contributed by atoms with van der Waals surface area (Å²) in [5, 5.41) is 4.18. The Morgan fingerprint density at radius 2 is 1.88 bits per heavy atom. The Kier molecular flexibility index (Phi) is 4.96. The van der Waals surface area contributed by atoms with Gasteiger partial charge in [-0.3, -0.25) is 4.98 Å². The minimum absolute atomic E-state index is 0.177. The van der Waals surface area contributed by atoms with Gasteiger partial charge in [0.05, 0.1) is 18.1 Å². The minimum Gasteiger partial charge on any atom is -0.261 e. The third-order valence-electron chi connectivity index (χ3n) is 3.97. The molecule has 0 saturated heterocycles. The van der Waals surface area contributed by atoms with E-state index in [9.17, 15) is 8.42 Å². The Morgan fingerprint density at radius 1 is 1.12 bits per heavy atom. The van der Waals surface area contributed by atoms with Crippen molar-refractivity contribution < 1.29 is 8.42 Å². The Hall–Kier alpha value is -2.51. The van der Waals surface area contributed by atoms with E-state index in [1.165, 1.54) is 16.7 Å². The first-order chi connectivity index (χ1) is 12.0. The Bertz CT molecular complexity index is 935. The number of aromatic nitrogens is 3. The Labute approximate surface area is 147 Å². The zero-order chi connectivity index (χ0) is 17.9. The van der Waals surface area contributed by atoms with Gasteiger partial charge in [-0.05, 0) is 31.2 Å². The molecule has 0 fully saturated rings. The molecule has 0 saturated carbocycles. The first kappa shape index (κ1) is 17.3. The lowest BCUT2D eigenvalue weighted by Gasteiger charge is -2.15. The van der Waals surface area contributed by atoms with E-state index in [0.29, 0.717) is 13.0 Å². The summed E-state index contributed by atoms with van der Waals surface area (Å²) in [6.45, 7) is 2.36. The Balaban J connectivity index is 1.74. The Morgan fingerprint density at radius 3 is 2.56 bits per heavy atom. The highest BCUT2D eigenvalue weighted by atomic mass is 32.2. The van der Waals surface area contributed by atoms with Crippen LogP contribution in [0.2, 0.25) is 0 Å². The van der Waals surface area contributed by atoms with Gasteiger partial charge in [0.25, 0.3) is 0 Å². The van der Waals surface area contributed by atoms with E-state index >= 15 is 0 Å². The molecule has 3 aromatic rings. The number of rotatable bonds is 6.